The molecule has 0 saturated carbocycles. The molecule has 7 rings (SSSR count). The summed E-state index contributed by atoms with van der Waals surface area (Å²) >= 11 is 0. The highest BCUT2D eigenvalue weighted by Gasteiger charge is 2.30. The molecule has 0 atom stereocenters. The second kappa shape index (κ2) is 15.9. The Hall–Kier alpha value is -2.59. The van der Waals surface area contributed by atoms with Crippen molar-refractivity contribution in [2.45, 2.75) is 101 Å². The van der Waals surface area contributed by atoms with Crippen LogP contribution in [0.1, 0.15) is 78.9 Å². The number of imidazole rings is 2. The number of hydrogen-bond acceptors (Lipinski definition) is 9. The van der Waals surface area contributed by atoms with E-state index in [0.29, 0.717) is 48.6 Å². The van der Waals surface area contributed by atoms with Crippen molar-refractivity contribution < 1.29 is 31.0 Å². The Morgan fingerprint density at radius 2 is 1.04 bits per heavy atom. The van der Waals surface area contributed by atoms with Gasteiger partial charge in [0.2, 0.25) is 10.0 Å². The Balaban J connectivity index is 0.000000185. The van der Waals surface area contributed by atoms with Crippen LogP contribution in [0.3, 0.4) is 0 Å². The third-order valence-corrected chi connectivity index (χ3v) is 13.5. The molecule has 0 radical (unpaired) electrons. The fraction of sp³-hybridized carbons (Fsp3) is 0.632. The molecule has 3 fully saturated rings. The van der Waals surface area contributed by atoms with Crippen LogP contribution in [0, 0.1) is 11.8 Å². The largest absolute Gasteiger partial charge is 0.381 e. The quantitative estimate of drug-likeness (QED) is 0.193. The number of ether oxygens (including phenoxy) is 3. The third kappa shape index (κ3) is 9.28. The van der Waals surface area contributed by atoms with Gasteiger partial charge in [-0.1, -0.05) is 41.5 Å². The number of aromatic nitrogens is 4. The van der Waals surface area contributed by atoms with Crippen LogP contribution < -0.4 is 0 Å². The van der Waals surface area contributed by atoms with Crippen molar-refractivity contribution in [2.75, 3.05) is 52.7 Å². The summed E-state index contributed by atoms with van der Waals surface area (Å²) in [6.07, 6.45) is 4.17. The first-order chi connectivity index (χ1) is 24.9. The number of morpholine rings is 1. The summed E-state index contributed by atoms with van der Waals surface area (Å²) in [5.74, 6) is 3.07. The van der Waals surface area contributed by atoms with Gasteiger partial charge >= 0.3 is 0 Å². The van der Waals surface area contributed by atoms with Crippen LogP contribution in [0.5, 0.6) is 0 Å². The second-order valence-corrected chi connectivity index (χ2v) is 21.0. The smallest absolute Gasteiger partial charge is 0.261 e. The number of rotatable bonds is 7. The summed E-state index contributed by atoms with van der Waals surface area (Å²) in [4.78, 5) is 10.0. The Morgan fingerprint density at radius 1 is 0.642 bits per heavy atom. The van der Waals surface area contributed by atoms with Crippen molar-refractivity contribution in [2.24, 2.45) is 11.8 Å². The van der Waals surface area contributed by atoms with Gasteiger partial charge in [-0.15, -0.1) is 0 Å². The van der Waals surface area contributed by atoms with Crippen LogP contribution in [0.2, 0.25) is 0 Å². The van der Waals surface area contributed by atoms with E-state index in [4.69, 9.17) is 34.9 Å². The van der Waals surface area contributed by atoms with E-state index >= 15 is 0 Å². The Kier molecular flexibility index (Phi) is 12.0. The Bertz CT molecular complexity index is 2120. The molecule has 0 N–H and O–H groups in total. The maximum atomic E-state index is 13.1. The zero-order valence-corrected chi connectivity index (χ0v) is 34.2. The minimum Gasteiger partial charge on any atom is -0.381 e. The van der Waals surface area contributed by atoms with Crippen LogP contribution in [0.25, 0.3) is 22.1 Å². The summed E-state index contributed by atoms with van der Waals surface area (Å²) < 4.78 is 71.6. The predicted octanol–water partition coefficient (Wildman–Crippen LogP) is 6.47. The zero-order chi connectivity index (χ0) is 38.2. The van der Waals surface area contributed by atoms with Crippen LogP contribution in [-0.2, 0) is 57.2 Å². The summed E-state index contributed by atoms with van der Waals surface area (Å²) in [6, 6.07) is 10.3. The van der Waals surface area contributed by atoms with Gasteiger partial charge in [-0.2, -0.15) is 4.31 Å². The predicted molar refractivity (Wildman–Crippen MR) is 207 cm³/mol. The molecule has 5 heterocycles. The van der Waals surface area contributed by atoms with Gasteiger partial charge in [0.1, 0.15) is 11.6 Å². The minimum absolute atomic E-state index is 0.0906. The SMILES string of the molecule is CC(C)(C)c1nc2cc(S(=O)(=O)Cl)ccc2n1CC1CCOCC1.CC(C)(C)c1nc2cc(S(=O)(=O)N3CCOCC3)ccc2n1CC1CCOCC1. The van der Waals surface area contributed by atoms with E-state index < -0.39 is 19.1 Å². The lowest BCUT2D eigenvalue weighted by Crippen LogP contribution is -2.40. The third-order valence-electron chi connectivity index (χ3n) is 10.2. The number of benzene rings is 2. The molecule has 53 heavy (non-hydrogen) atoms. The van der Waals surface area contributed by atoms with Gasteiger partial charge in [-0.25, -0.2) is 26.8 Å². The van der Waals surface area contributed by atoms with E-state index in [1.165, 1.54) is 4.31 Å². The second-order valence-electron chi connectivity index (χ2n) is 16.5. The molecule has 0 aliphatic carbocycles. The number of fused-ring (bicyclic) bond motifs is 2. The van der Waals surface area contributed by atoms with Crippen molar-refractivity contribution in [3.63, 3.8) is 0 Å². The van der Waals surface area contributed by atoms with E-state index in [0.717, 1.165) is 93.4 Å². The van der Waals surface area contributed by atoms with Gasteiger partial charge in [0, 0.05) is 74.1 Å². The lowest BCUT2D eigenvalue weighted by atomic mass is 9.94. The number of hydrogen-bond donors (Lipinski definition) is 0. The molecule has 12 nitrogen and oxygen atoms in total. The van der Waals surface area contributed by atoms with Crippen LogP contribution in [-0.4, -0.2) is 93.0 Å². The monoisotopic (exact) mass is 791 g/mol. The molecule has 4 aromatic rings. The molecule has 0 unspecified atom stereocenters. The van der Waals surface area contributed by atoms with Gasteiger partial charge in [-0.05, 0) is 73.9 Å². The number of sulfonamides is 1. The molecule has 3 aliphatic heterocycles. The molecule has 3 aliphatic rings. The van der Waals surface area contributed by atoms with Gasteiger partial charge in [0.25, 0.3) is 9.05 Å². The van der Waals surface area contributed by atoms with E-state index in [-0.39, 0.29) is 15.7 Å². The summed E-state index contributed by atoms with van der Waals surface area (Å²) in [5.41, 5.74) is 3.11. The zero-order valence-electron chi connectivity index (χ0n) is 31.8. The lowest BCUT2D eigenvalue weighted by molar-refractivity contribution is 0.0610. The first-order valence-corrected chi connectivity index (χ1v) is 22.4. The van der Waals surface area contributed by atoms with Crippen LogP contribution in [0.15, 0.2) is 46.2 Å². The Labute approximate surface area is 318 Å². The fourth-order valence-electron chi connectivity index (χ4n) is 7.36. The first kappa shape index (κ1) is 40.1. The molecule has 2 aromatic heterocycles. The normalized spacial score (nSPS) is 19.1. The molecule has 0 amide bonds. The van der Waals surface area contributed by atoms with Crippen LogP contribution >= 0.6 is 10.7 Å². The van der Waals surface area contributed by atoms with Gasteiger partial charge in [0.05, 0.1) is 45.1 Å². The lowest BCUT2D eigenvalue weighted by Gasteiger charge is -2.26. The molecule has 3 saturated heterocycles. The molecule has 2 aromatic carbocycles. The average Bonchev–Trinajstić information content (AvgIpc) is 3.67. The number of nitrogens with zero attached hydrogens (tertiary/aromatic N) is 5. The van der Waals surface area contributed by atoms with Gasteiger partial charge in [0.15, 0.2) is 0 Å². The van der Waals surface area contributed by atoms with Crippen molar-refractivity contribution in [3.05, 3.63) is 48.0 Å². The van der Waals surface area contributed by atoms with Gasteiger partial charge < -0.3 is 23.3 Å². The first-order valence-electron chi connectivity index (χ1n) is 18.6. The van der Waals surface area contributed by atoms with Crippen LogP contribution in [0.4, 0.5) is 0 Å². The number of halogens is 1. The Morgan fingerprint density at radius 3 is 1.45 bits per heavy atom. The maximum absolute atomic E-state index is 13.1. The molecule has 0 spiro atoms. The van der Waals surface area contributed by atoms with Crippen molar-refractivity contribution >= 4 is 51.8 Å². The highest BCUT2D eigenvalue weighted by Crippen LogP contribution is 2.33. The molecule has 292 valence electrons. The van der Waals surface area contributed by atoms with Crippen molar-refractivity contribution in [1.29, 1.82) is 0 Å². The minimum atomic E-state index is -3.75. The summed E-state index contributed by atoms with van der Waals surface area (Å²) in [7, 11) is -1.81. The molecule has 15 heteroatoms. The highest BCUT2D eigenvalue weighted by molar-refractivity contribution is 8.13. The molecule has 0 bridgehead atoms. The van der Waals surface area contributed by atoms with E-state index in [2.05, 4.69) is 50.7 Å². The van der Waals surface area contributed by atoms with E-state index in [1.54, 1.807) is 24.3 Å². The highest BCUT2D eigenvalue weighted by atomic mass is 35.7. The van der Waals surface area contributed by atoms with E-state index in [1.807, 2.05) is 12.1 Å². The topological polar surface area (TPSA) is 135 Å². The standard InChI is InChI=1S/C21H31N3O4S.C17H23ClN2O3S/c1-21(2,3)20-22-18-14-17(29(25,26)23-8-12-28-13-9-23)4-5-19(18)24(20)15-16-6-10-27-11-7-16;1-17(2,3)16-19-14-10-13(24(18,21)22)4-5-15(14)20(16)11-12-6-8-23-9-7-12/h4-5,14,16H,6-13,15H2,1-3H3;4-5,10,12H,6-9,11H2,1-3H3. The average molecular weight is 792 g/mol. The maximum Gasteiger partial charge on any atom is 0.261 e. The molecular formula is C38H54ClN5O7S2. The van der Waals surface area contributed by atoms with Gasteiger partial charge in [-0.3, -0.25) is 0 Å². The molecular weight excluding hydrogens is 738 g/mol. The van der Waals surface area contributed by atoms with Crippen molar-refractivity contribution in [3.8, 4) is 0 Å². The summed E-state index contributed by atoms with van der Waals surface area (Å²) in [6.45, 7) is 19.5. The van der Waals surface area contributed by atoms with Crippen molar-refractivity contribution in [1.82, 2.24) is 23.4 Å². The fourth-order valence-corrected chi connectivity index (χ4v) is 9.56. The summed E-state index contributed by atoms with van der Waals surface area (Å²) in [5, 5.41) is 0. The van der Waals surface area contributed by atoms with E-state index in [9.17, 15) is 16.8 Å².